The predicted molar refractivity (Wildman–Crippen MR) is 111 cm³/mol. The van der Waals surface area contributed by atoms with Crippen molar-refractivity contribution in [2.45, 2.75) is 44.6 Å². The van der Waals surface area contributed by atoms with Crippen molar-refractivity contribution in [2.75, 3.05) is 19.8 Å². The van der Waals surface area contributed by atoms with E-state index in [1.54, 1.807) is 22.6 Å². The Bertz CT molecular complexity index is 1150. The number of halogens is 3. The van der Waals surface area contributed by atoms with E-state index in [4.69, 9.17) is 13.9 Å². The van der Waals surface area contributed by atoms with Gasteiger partial charge in [-0.3, -0.25) is 14.5 Å². The average molecular weight is 482 g/mol. The number of hydrogen-bond donors (Lipinski definition) is 1. The third-order valence-corrected chi connectivity index (χ3v) is 6.48. The second-order valence-corrected chi connectivity index (χ2v) is 9.05. The quantitative estimate of drug-likeness (QED) is 0.597. The van der Waals surface area contributed by atoms with Crippen molar-refractivity contribution in [1.82, 2.24) is 20.1 Å². The molecule has 1 N–H and O–H groups in total. The Labute approximate surface area is 190 Å². The number of thiazole rings is 1. The summed E-state index contributed by atoms with van der Waals surface area (Å²) in [5.41, 5.74) is 1.21. The van der Waals surface area contributed by atoms with Crippen molar-refractivity contribution in [2.24, 2.45) is 0 Å². The predicted octanol–water partition coefficient (Wildman–Crippen LogP) is 3.62. The van der Waals surface area contributed by atoms with Gasteiger partial charge >= 0.3 is 6.18 Å². The molecular formula is C21H21F3N4O4S. The van der Waals surface area contributed by atoms with Gasteiger partial charge in [-0.25, -0.2) is 0 Å². The van der Waals surface area contributed by atoms with Crippen LogP contribution < -0.4 is 5.32 Å². The van der Waals surface area contributed by atoms with Gasteiger partial charge in [0.25, 0.3) is 5.91 Å². The molecule has 4 heterocycles. The minimum Gasteiger partial charge on any atom is -0.455 e. The molecule has 1 unspecified atom stereocenters. The summed E-state index contributed by atoms with van der Waals surface area (Å²) >= 11 is 1.29. The Balaban J connectivity index is 1.50. The van der Waals surface area contributed by atoms with E-state index in [1.807, 2.05) is 6.92 Å². The topological polar surface area (TPSA) is 91.4 Å². The molecule has 3 aromatic heterocycles. The van der Waals surface area contributed by atoms with Gasteiger partial charge < -0.3 is 19.2 Å². The molecule has 5 rings (SSSR count). The Morgan fingerprint density at radius 1 is 1.36 bits per heavy atom. The van der Waals surface area contributed by atoms with E-state index < -0.39 is 23.4 Å². The number of furan rings is 1. The van der Waals surface area contributed by atoms with Gasteiger partial charge in [-0.1, -0.05) is 6.92 Å². The van der Waals surface area contributed by atoms with Crippen molar-refractivity contribution in [3.63, 3.8) is 0 Å². The van der Waals surface area contributed by atoms with Crippen LogP contribution in [0.1, 0.15) is 45.2 Å². The van der Waals surface area contributed by atoms with Crippen LogP contribution in [0, 0.1) is 0 Å². The van der Waals surface area contributed by atoms with E-state index >= 15 is 0 Å². The number of aromatic nitrogens is 3. The highest BCUT2D eigenvalue weighted by Gasteiger charge is 2.46. The highest BCUT2D eigenvalue weighted by molar-refractivity contribution is 7.09. The lowest BCUT2D eigenvalue weighted by molar-refractivity contribution is -0.137. The second kappa shape index (κ2) is 8.58. The molecule has 0 spiro atoms. The van der Waals surface area contributed by atoms with Gasteiger partial charge in [0.05, 0.1) is 49.7 Å². The standard InChI is InChI=1S/C21H21F3N4O4S/c1-11-4-15-16(18-14(11)8-28(27-18)7-12-9-30-2-3-31-12)17(21(22,23)24)19(32-15)20(29)26-6-13-5-25-10-33-13/h5,8,10-12H,2-4,6-7,9H2,1H3,(H,26,29)/t11?,12-/m0/s1. The molecule has 8 nitrogen and oxygen atoms in total. The fourth-order valence-electron chi connectivity index (χ4n) is 4.20. The zero-order valence-electron chi connectivity index (χ0n) is 17.6. The first-order valence-electron chi connectivity index (χ1n) is 10.5. The largest absolute Gasteiger partial charge is 0.455 e. The van der Waals surface area contributed by atoms with Gasteiger partial charge in [-0.2, -0.15) is 18.3 Å². The van der Waals surface area contributed by atoms with Gasteiger partial charge in [0.15, 0.2) is 0 Å². The summed E-state index contributed by atoms with van der Waals surface area (Å²) in [5.74, 6) is -1.67. The average Bonchev–Trinajstić information content (AvgIpc) is 3.50. The highest BCUT2D eigenvalue weighted by Crippen LogP contribution is 2.48. The summed E-state index contributed by atoms with van der Waals surface area (Å²) in [5, 5.41) is 6.95. The van der Waals surface area contributed by atoms with Crippen LogP contribution >= 0.6 is 11.3 Å². The molecule has 12 heteroatoms. The Hall–Kier alpha value is -2.70. The van der Waals surface area contributed by atoms with E-state index in [1.165, 1.54) is 11.3 Å². The lowest BCUT2D eigenvalue weighted by Crippen LogP contribution is -2.32. The molecule has 1 aliphatic carbocycles. The maximum atomic E-state index is 14.2. The maximum Gasteiger partial charge on any atom is 0.420 e. The second-order valence-electron chi connectivity index (χ2n) is 8.08. The number of carbonyl (C=O) groups is 1. The number of nitrogens with zero attached hydrogens (tertiary/aromatic N) is 3. The molecule has 1 aliphatic heterocycles. The third-order valence-electron chi connectivity index (χ3n) is 5.70. The maximum absolute atomic E-state index is 14.2. The third kappa shape index (κ3) is 4.30. The first-order chi connectivity index (χ1) is 15.8. The van der Waals surface area contributed by atoms with Crippen molar-refractivity contribution in [1.29, 1.82) is 0 Å². The number of carbonyl (C=O) groups excluding carboxylic acids is 1. The number of fused-ring (bicyclic) bond motifs is 3. The van der Waals surface area contributed by atoms with Gasteiger partial charge in [0.1, 0.15) is 17.4 Å². The fourth-order valence-corrected chi connectivity index (χ4v) is 4.74. The lowest BCUT2D eigenvalue weighted by atomic mass is 9.86. The van der Waals surface area contributed by atoms with E-state index in [0.717, 1.165) is 4.88 Å². The molecular weight excluding hydrogens is 461 g/mol. The van der Waals surface area contributed by atoms with E-state index in [9.17, 15) is 18.0 Å². The molecule has 0 bridgehead atoms. The minimum atomic E-state index is -4.80. The zero-order chi connectivity index (χ0) is 23.2. The number of amides is 1. The van der Waals surface area contributed by atoms with Crippen LogP contribution in [0.4, 0.5) is 13.2 Å². The number of nitrogens with one attached hydrogen (secondary N) is 1. The van der Waals surface area contributed by atoms with Crippen molar-refractivity contribution in [3.8, 4) is 11.3 Å². The molecule has 0 saturated carbocycles. The first kappa shape index (κ1) is 22.1. The molecule has 0 radical (unpaired) electrons. The van der Waals surface area contributed by atoms with Crippen LogP contribution in [0.15, 0.2) is 22.3 Å². The van der Waals surface area contributed by atoms with Gasteiger partial charge in [0, 0.05) is 29.3 Å². The molecule has 176 valence electrons. The van der Waals surface area contributed by atoms with E-state index in [0.29, 0.717) is 31.9 Å². The first-order valence-corrected chi connectivity index (χ1v) is 11.3. The van der Waals surface area contributed by atoms with Gasteiger partial charge in [-0.15, -0.1) is 11.3 Å². The highest BCUT2D eigenvalue weighted by atomic mass is 32.1. The van der Waals surface area contributed by atoms with Crippen LogP contribution in [0.3, 0.4) is 0 Å². The van der Waals surface area contributed by atoms with Gasteiger partial charge in [-0.05, 0) is 5.92 Å². The molecule has 1 saturated heterocycles. The monoisotopic (exact) mass is 482 g/mol. The normalized spacial score (nSPS) is 20.4. The number of hydrogen-bond acceptors (Lipinski definition) is 7. The molecule has 3 aromatic rings. The van der Waals surface area contributed by atoms with E-state index in [2.05, 4.69) is 15.4 Å². The Morgan fingerprint density at radius 2 is 2.21 bits per heavy atom. The SMILES string of the molecule is CC1Cc2oc(C(=O)NCc3cncs3)c(C(F)(F)F)c2-c2nn(C[C@H]3COCCO3)cc21. The minimum absolute atomic E-state index is 0.0614. The van der Waals surface area contributed by atoms with Crippen LogP contribution in [0.5, 0.6) is 0 Å². The summed E-state index contributed by atoms with van der Waals surface area (Å²) in [6.45, 7) is 3.70. The fraction of sp³-hybridized carbons (Fsp3) is 0.476. The summed E-state index contributed by atoms with van der Waals surface area (Å²) < 4.78 is 60.8. The Kier molecular flexibility index (Phi) is 5.75. The lowest BCUT2D eigenvalue weighted by Gasteiger charge is -2.22. The molecule has 33 heavy (non-hydrogen) atoms. The Morgan fingerprint density at radius 3 is 2.91 bits per heavy atom. The van der Waals surface area contributed by atoms with Gasteiger partial charge in [0.2, 0.25) is 5.76 Å². The van der Waals surface area contributed by atoms with Crippen molar-refractivity contribution >= 4 is 17.2 Å². The number of alkyl halides is 3. The van der Waals surface area contributed by atoms with Crippen LogP contribution in [0.2, 0.25) is 0 Å². The summed E-state index contributed by atoms with van der Waals surface area (Å²) in [6.07, 6.45) is -1.49. The van der Waals surface area contributed by atoms with Crippen LogP contribution in [-0.4, -0.2) is 46.6 Å². The van der Waals surface area contributed by atoms with Crippen LogP contribution in [-0.2, 0) is 35.2 Å². The molecule has 2 aliphatic rings. The van der Waals surface area contributed by atoms with Crippen LogP contribution in [0.25, 0.3) is 11.3 Å². The molecule has 1 fully saturated rings. The van der Waals surface area contributed by atoms with Crippen molar-refractivity contribution in [3.05, 3.63) is 45.4 Å². The molecule has 1 amide bonds. The van der Waals surface area contributed by atoms with E-state index in [-0.39, 0.29) is 42.0 Å². The summed E-state index contributed by atoms with van der Waals surface area (Å²) in [4.78, 5) is 17.3. The number of rotatable bonds is 5. The molecule has 2 atom stereocenters. The number of ether oxygens (including phenoxy) is 2. The zero-order valence-corrected chi connectivity index (χ0v) is 18.5. The summed E-state index contributed by atoms with van der Waals surface area (Å²) in [7, 11) is 0. The van der Waals surface area contributed by atoms with Crippen molar-refractivity contribution < 1.29 is 31.9 Å². The summed E-state index contributed by atoms with van der Waals surface area (Å²) in [6, 6.07) is 0. The smallest absolute Gasteiger partial charge is 0.420 e. The molecule has 0 aromatic carbocycles.